The van der Waals surface area contributed by atoms with Gasteiger partial charge in [0.25, 0.3) is 10.0 Å². The van der Waals surface area contributed by atoms with Gasteiger partial charge in [0.2, 0.25) is 5.91 Å². The minimum Gasteiger partial charge on any atom is -0.493 e. The second kappa shape index (κ2) is 13.2. The SMILES string of the molecule is COc1ccc(S(=O)(=O)N(CC(=O)NCCCSc2ccc(Cl)cc2)c2ccc(F)c(Cl)c2)cc1OC. The monoisotopic (exact) mass is 586 g/mol. The van der Waals surface area contributed by atoms with E-state index >= 15 is 0 Å². The van der Waals surface area contributed by atoms with Crippen LogP contribution in [0.1, 0.15) is 6.42 Å². The van der Waals surface area contributed by atoms with Crippen molar-refractivity contribution in [3.05, 3.63) is 76.5 Å². The number of rotatable bonds is 12. The Labute approximate surface area is 229 Å². The van der Waals surface area contributed by atoms with Crippen LogP contribution in [0.25, 0.3) is 0 Å². The van der Waals surface area contributed by atoms with Gasteiger partial charge in [0.15, 0.2) is 11.5 Å². The van der Waals surface area contributed by atoms with Gasteiger partial charge in [-0.2, -0.15) is 0 Å². The fourth-order valence-corrected chi connectivity index (χ4v) is 5.85. The first-order valence-electron chi connectivity index (χ1n) is 11.0. The van der Waals surface area contributed by atoms with Crippen molar-refractivity contribution in [3.8, 4) is 11.5 Å². The number of anilines is 1. The Kier molecular flexibility index (Phi) is 10.3. The van der Waals surface area contributed by atoms with Gasteiger partial charge in [0.05, 0.1) is 29.8 Å². The summed E-state index contributed by atoms with van der Waals surface area (Å²) in [4.78, 5) is 13.7. The maximum atomic E-state index is 13.8. The molecule has 0 unspecified atom stereocenters. The zero-order valence-corrected chi connectivity index (χ0v) is 23.2. The molecule has 0 saturated carbocycles. The number of amides is 1. The molecule has 0 saturated heterocycles. The molecule has 0 atom stereocenters. The number of methoxy groups -OCH3 is 2. The van der Waals surface area contributed by atoms with Gasteiger partial charge < -0.3 is 14.8 Å². The highest BCUT2D eigenvalue weighted by molar-refractivity contribution is 7.99. The van der Waals surface area contributed by atoms with Crippen LogP contribution in [0.2, 0.25) is 10.0 Å². The summed E-state index contributed by atoms with van der Waals surface area (Å²) >= 11 is 13.4. The maximum Gasteiger partial charge on any atom is 0.264 e. The van der Waals surface area contributed by atoms with Crippen molar-refractivity contribution in [2.75, 3.05) is 37.4 Å². The van der Waals surface area contributed by atoms with E-state index in [2.05, 4.69) is 5.32 Å². The van der Waals surface area contributed by atoms with Crippen LogP contribution in [0, 0.1) is 5.82 Å². The molecule has 0 bridgehead atoms. The van der Waals surface area contributed by atoms with Crippen molar-refractivity contribution in [1.82, 2.24) is 5.32 Å². The summed E-state index contributed by atoms with van der Waals surface area (Å²) in [5.74, 6) is 0.0382. The molecule has 1 amide bonds. The van der Waals surface area contributed by atoms with Gasteiger partial charge >= 0.3 is 0 Å². The minimum absolute atomic E-state index is 0.0367. The van der Waals surface area contributed by atoms with Crippen LogP contribution in [0.5, 0.6) is 11.5 Å². The molecule has 3 rings (SSSR count). The molecule has 0 radical (unpaired) electrons. The van der Waals surface area contributed by atoms with E-state index in [9.17, 15) is 17.6 Å². The molecule has 0 fully saturated rings. The fraction of sp³-hybridized carbons (Fsp3) is 0.240. The van der Waals surface area contributed by atoms with Crippen LogP contribution in [0.15, 0.2) is 70.5 Å². The molecular weight excluding hydrogens is 562 g/mol. The first kappa shape index (κ1) is 28.9. The summed E-state index contributed by atoms with van der Waals surface area (Å²) in [6.07, 6.45) is 0.657. The second-order valence-electron chi connectivity index (χ2n) is 7.63. The van der Waals surface area contributed by atoms with Crippen molar-refractivity contribution in [2.45, 2.75) is 16.2 Å². The zero-order chi connectivity index (χ0) is 27.0. The summed E-state index contributed by atoms with van der Waals surface area (Å²) in [7, 11) is -1.46. The molecule has 198 valence electrons. The molecule has 37 heavy (non-hydrogen) atoms. The van der Waals surface area contributed by atoms with Gasteiger partial charge in [-0.05, 0) is 66.8 Å². The van der Waals surface area contributed by atoms with Crippen molar-refractivity contribution < 1.29 is 27.1 Å². The zero-order valence-electron chi connectivity index (χ0n) is 20.0. The predicted molar refractivity (Wildman–Crippen MR) is 145 cm³/mol. The average molecular weight is 588 g/mol. The number of hydrogen-bond donors (Lipinski definition) is 1. The third-order valence-corrected chi connectivity index (χ3v) is 8.56. The van der Waals surface area contributed by atoms with Gasteiger partial charge in [0, 0.05) is 22.5 Å². The lowest BCUT2D eigenvalue weighted by molar-refractivity contribution is -0.119. The van der Waals surface area contributed by atoms with E-state index in [0.29, 0.717) is 23.7 Å². The van der Waals surface area contributed by atoms with Crippen LogP contribution < -0.4 is 19.1 Å². The molecule has 0 spiro atoms. The number of carbonyl (C=O) groups is 1. The smallest absolute Gasteiger partial charge is 0.264 e. The highest BCUT2D eigenvalue weighted by atomic mass is 35.5. The van der Waals surface area contributed by atoms with Gasteiger partial charge in [-0.15, -0.1) is 11.8 Å². The molecule has 3 aromatic rings. The number of nitrogens with zero attached hydrogens (tertiary/aromatic N) is 1. The Morgan fingerprint density at radius 3 is 2.35 bits per heavy atom. The summed E-state index contributed by atoms with van der Waals surface area (Å²) in [6, 6.07) is 15.0. The van der Waals surface area contributed by atoms with Gasteiger partial charge in [-0.3, -0.25) is 9.10 Å². The van der Waals surface area contributed by atoms with E-state index in [-0.39, 0.29) is 21.4 Å². The Bertz CT molecular complexity index is 1340. The van der Waals surface area contributed by atoms with Crippen LogP contribution in [0.4, 0.5) is 10.1 Å². The number of halogens is 3. The Hall–Kier alpha value is -2.66. The van der Waals surface area contributed by atoms with Gasteiger partial charge in [0.1, 0.15) is 12.4 Å². The summed E-state index contributed by atoms with van der Waals surface area (Å²) in [6.45, 7) is -0.198. The molecule has 0 aromatic heterocycles. The number of nitrogens with one attached hydrogen (secondary N) is 1. The third-order valence-electron chi connectivity index (χ3n) is 5.15. The molecule has 1 N–H and O–H groups in total. The number of benzene rings is 3. The molecule has 7 nitrogen and oxygen atoms in total. The molecular formula is C25H25Cl2FN2O5S2. The van der Waals surface area contributed by atoms with Gasteiger partial charge in [-0.1, -0.05) is 23.2 Å². The minimum atomic E-state index is -4.27. The first-order chi connectivity index (χ1) is 17.6. The number of thioether (sulfide) groups is 1. The average Bonchev–Trinajstić information content (AvgIpc) is 2.89. The van der Waals surface area contributed by atoms with E-state index in [0.717, 1.165) is 27.1 Å². The van der Waals surface area contributed by atoms with E-state index in [4.69, 9.17) is 32.7 Å². The summed E-state index contributed by atoms with van der Waals surface area (Å²) in [5, 5.41) is 3.12. The predicted octanol–water partition coefficient (Wildman–Crippen LogP) is 5.64. The summed E-state index contributed by atoms with van der Waals surface area (Å²) < 4.78 is 52.2. The topological polar surface area (TPSA) is 84.9 Å². The Balaban J connectivity index is 1.74. The number of hydrogen-bond acceptors (Lipinski definition) is 6. The highest BCUT2D eigenvalue weighted by Gasteiger charge is 2.29. The maximum absolute atomic E-state index is 13.8. The van der Waals surface area contributed by atoms with Crippen molar-refractivity contribution in [2.24, 2.45) is 0 Å². The van der Waals surface area contributed by atoms with Crippen LogP contribution in [-0.4, -0.2) is 47.4 Å². The second-order valence-corrected chi connectivity index (χ2v) is 11.5. The summed E-state index contributed by atoms with van der Waals surface area (Å²) in [5.41, 5.74) is 0.0367. The lowest BCUT2D eigenvalue weighted by atomic mass is 10.3. The Morgan fingerprint density at radius 1 is 1.00 bits per heavy atom. The largest absolute Gasteiger partial charge is 0.493 e. The molecule has 12 heteroatoms. The lowest BCUT2D eigenvalue weighted by Crippen LogP contribution is -2.41. The number of carbonyl (C=O) groups excluding carboxylic acids is 1. The van der Waals surface area contributed by atoms with Crippen LogP contribution in [-0.2, 0) is 14.8 Å². The Morgan fingerprint density at radius 2 is 1.70 bits per heavy atom. The van der Waals surface area contributed by atoms with E-state index < -0.39 is 28.3 Å². The quantitative estimate of drug-likeness (QED) is 0.218. The van der Waals surface area contributed by atoms with E-state index in [1.807, 2.05) is 12.1 Å². The van der Waals surface area contributed by atoms with Crippen molar-refractivity contribution >= 4 is 56.6 Å². The molecule has 0 aliphatic heterocycles. The van der Waals surface area contributed by atoms with Crippen LogP contribution in [0.3, 0.4) is 0 Å². The first-order valence-corrected chi connectivity index (χ1v) is 14.2. The van der Waals surface area contributed by atoms with Gasteiger partial charge in [-0.25, -0.2) is 12.8 Å². The number of sulfonamides is 1. The lowest BCUT2D eigenvalue weighted by Gasteiger charge is -2.24. The fourth-order valence-electron chi connectivity index (χ4n) is 3.27. The normalized spacial score (nSPS) is 11.2. The molecule has 3 aromatic carbocycles. The molecule has 0 heterocycles. The van der Waals surface area contributed by atoms with E-state index in [1.165, 1.54) is 38.5 Å². The third kappa shape index (κ3) is 7.67. The standard InChI is InChI=1S/C25H25Cl2FN2O5S2/c1-34-23-11-9-20(15-24(23)35-2)37(32,33)30(18-6-10-22(28)21(27)14-18)16-25(31)29-12-3-13-36-19-7-4-17(26)5-8-19/h4-11,14-15H,3,12-13,16H2,1-2H3,(H,29,31). The van der Waals surface area contributed by atoms with Crippen molar-refractivity contribution in [1.29, 1.82) is 0 Å². The van der Waals surface area contributed by atoms with Crippen molar-refractivity contribution in [3.63, 3.8) is 0 Å². The molecule has 0 aliphatic carbocycles. The molecule has 0 aliphatic rings. The van der Waals surface area contributed by atoms with E-state index in [1.54, 1.807) is 23.9 Å². The highest BCUT2D eigenvalue weighted by Crippen LogP contribution is 2.33. The van der Waals surface area contributed by atoms with Crippen LogP contribution >= 0.6 is 35.0 Å². The number of ether oxygens (including phenoxy) is 2.